The van der Waals surface area contributed by atoms with E-state index in [2.05, 4.69) is 13.0 Å². The monoisotopic (exact) mass is 216 g/mol. The number of Topliss-reactive ketones (excluding diaryl/α,β-unsaturated/α-hetero) is 1. The quantitative estimate of drug-likeness (QED) is 0.394. The lowest BCUT2D eigenvalue weighted by molar-refractivity contribution is 0.0953. The number of carbonyl (C=O) groups is 1. The summed E-state index contributed by atoms with van der Waals surface area (Å²) in [6.07, 6.45) is 7.61. The fourth-order valence-electron chi connectivity index (χ4n) is 1.58. The van der Waals surface area contributed by atoms with Crippen LogP contribution in [0.4, 0.5) is 0 Å². The maximum absolute atomic E-state index is 12.0. The Morgan fingerprint density at radius 1 is 1.31 bits per heavy atom. The second-order valence-electron chi connectivity index (χ2n) is 4.09. The number of unbranched alkanes of at least 4 members (excludes halogenated alkanes) is 2. The van der Waals surface area contributed by atoms with Crippen molar-refractivity contribution in [2.24, 2.45) is 5.92 Å². The summed E-state index contributed by atoms with van der Waals surface area (Å²) in [5, 5.41) is 0. The SMILES string of the molecule is CCCC/C=C/C(C)C(=O)c1ccccc1. The van der Waals surface area contributed by atoms with E-state index >= 15 is 0 Å². The van der Waals surface area contributed by atoms with Crippen LogP contribution in [0.25, 0.3) is 0 Å². The van der Waals surface area contributed by atoms with Gasteiger partial charge in [-0.15, -0.1) is 0 Å². The molecule has 0 saturated heterocycles. The van der Waals surface area contributed by atoms with Crippen LogP contribution in [0.15, 0.2) is 42.5 Å². The van der Waals surface area contributed by atoms with E-state index in [0.29, 0.717) is 0 Å². The normalized spacial score (nSPS) is 12.9. The smallest absolute Gasteiger partial charge is 0.169 e. The van der Waals surface area contributed by atoms with Crippen molar-refractivity contribution in [2.45, 2.75) is 33.1 Å². The van der Waals surface area contributed by atoms with Gasteiger partial charge in [-0.3, -0.25) is 4.79 Å². The second kappa shape index (κ2) is 7.00. The van der Waals surface area contributed by atoms with E-state index < -0.39 is 0 Å². The number of benzene rings is 1. The van der Waals surface area contributed by atoms with Gasteiger partial charge < -0.3 is 0 Å². The lowest BCUT2D eigenvalue weighted by atomic mass is 9.98. The van der Waals surface area contributed by atoms with E-state index in [9.17, 15) is 4.79 Å². The number of ketones is 1. The average molecular weight is 216 g/mol. The van der Waals surface area contributed by atoms with Crippen molar-refractivity contribution in [1.29, 1.82) is 0 Å². The summed E-state index contributed by atoms with van der Waals surface area (Å²) in [5.74, 6) is 0.188. The summed E-state index contributed by atoms with van der Waals surface area (Å²) >= 11 is 0. The molecular formula is C15H20O. The predicted molar refractivity (Wildman–Crippen MR) is 68.6 cm³/mol. The van der Waals surface area contributed by atoms with Gasteiger partial charge in [-0.1, -0.05) is 69.2 Å². The Bertz CT molecular complexity index is 338. The molecule has 0 heterocycles. The van der Waals surface area contributed by atoms with Gasteiger partial charge in [0.15, 0.2) is 5.78 Å². The number of hydrogen-bond acceptors (Lipinski definition) is 1. The van der Waals surface area contributed by atoms with Crippen molar-refractivity contribution in [1.82, 2.24) is 0 Å². The van der Waals surface area contributed by atoms with E-state index in [1.165, 1.54) is 12.8 Å². The van der Waals surface area contributed by atoms with Crippen molar-refractivity contribution in [3.05, 3.63) is 48.0 Å². The highest BCUT2D eigenvalue weighted by atomic mass is 16.1. The second-order valence-corrected chi connectivity index (χ2v) is 4.09. The van der Waals surface area contributed by atoms with Crippen LogP contribution in [0.2, 0.25) is 0 Å². The molecule has 1 aromatic rings. The van der Waals surface area contributed by atoms with E-state index in [1.807, 2.05) is 43.3 Å². The van der Waals surface area contributed by atoms with Crippen LogP contribution in [-0.2, 0) is 0 Å². The third kappa shape index (κ3) is 4.01. The van der Waals surface area contributed by atoms with Crippen molar-refractivity contribution < 1.29 is 4.79 Å². The molecule has 1 unspecified atom stereocenters. The third-order valence-electron chi connectivity index (χ3n) is 2.62. The zero-order valence-corrected chi connectivity index (χ0v) is 10.1. The Kier molecular flexibility index (Phi) is 5.55. The predicted octanol–water partition coefficient (Wildman–Crippen LogP) is 4.25. The van der Waals surface area contributed by atoms with Gasteiger partial charge >= 0.3 is 0 Å². The van der Waals surface area contributed by atoms with Crippen LogP contribution < -0.4 is 0 Å². The minimum absolute atomic E-state index is 0.0146. The zero-order valence-electron chi connectivity index (χ0n) is 10.1. The topological polar surface area (TPSA) is 17.1 Å². The van der Waals surface area contributed by atoms with Crippen LogP contribution >= 0.6 is 0 Å². The third-order valence-corrected chi connectivity index (χ3v) is 2.62. The number of hydrogen-bond donors (Lipinski definition) is 0. The molecule has 0 aliphatic heterocycles. The van der Waals surface area contributed by atoms with Gasteiger partial charge in [-0.2, -0.15) is 0 Å². The Hall–Kier alpha value is -1.37. The van der Waals surface area contributed by atoms with Crippen LogP contribution in [-0.4, -0.2) is 5.78 Å². The minimum Gasteiger partial charge on any atom is -0.294 e. The highest BCUT2D eigenvalue weighted by Gasteiger charge is 2.10. The molecule has 16 heavy (non-hydrogen) atoms. The van der Waals surface area contributed by atoms with Crippen molar-refractivity contribution in [3.8, 4) is 0 Å². The maximum atomic E-state index is 12.0. The first-order valence-corrected chi connectivity index (χ1v) is 6.01. The van der Waals surface area contributed by atoms with Crippen molar-refractivity contribution >= 4 is 5.78 Å². The Labute approximate surface area is 98.2 Å². The summed E-state index contributed by atoms with van der Waals surface area (Å²) in [4.78, 5) is 12.0. The average Bonchev–Trinajstić information content (AvgIpc) is 2.34. The van der Waals surface area contributed by atoms with E-state index in [-0.39, 0.29) is 11.7 Å². The maximum Gasteiger partial charge on any atom is 0.169 e. The minimum atomic E-state index is -0.0146. The Balaban J connectivity index is 2.51. The van der Waals surface area contributed by atoms with Gasteiger partial charge in [0.2, 0.25) is 0 Å². The molecule has 0 radical (unpaired) electrons. The lowest BCUT2D eigenvalue weighted by Crippen LogP contribution is -2.08. The molecule has 0 aliphatic carbocycles. The number of carbonyl (C=O) groups excluding carboxylic acids is 1. The Morgan fingerprint density at radius 2 is 2.00 bits per heavy atom. The molecule has 0 fully saturated rings. The molecule has 1 rings (SSSR count). The number of rotatable bonds is 6. The molecule has 0 N–H and O–H groups in total. The van der Waals surface area contributed by atoms with Gasteiger partial charge in [-0.05, 0) is 6.42 Å². The van der Waals surface area contributed by atoms with Crippen LogP contribution in [0, 0.1) is 5.92 Å². The van der Waals surface area contributed by atoms with E-state index in [0.717, 1.165) is 12.0 Å². The van der Waals surface area contributed by atoms with Crippen LogP contribution in [0.1, 0.15) is 43.5 Å². The van der Waals surface area contributed by atoms with Crippen LogP contribution in [0.3, 0.4) is 0 Å². The molecule has 1 aromatic carbocycles. The Morgan fingerprint density at radius 3 is 2.62 bits per heavy atom. The summed E-state index contributed by atoms with van der Waals surface area (Å²) in [6.45, 7) is 4.13. The van der Waals surface area contributed by atoms with Crippen molar-refractivity contribution in [2.75, 3.05) is 0 Å². The first-order chi connectivity index (χ1) is 7.75. The molecule has 0 spiro atoms. The first-order valence-electron chi connectivity index (χ1n) is 6.01. The summed E-state index contributed by atoms with van der Waals surface area (Å²) in [7, 11) is 0. The molecule has 0 aromatic heterocycles. The van der Waals surface area contributed by atoms with Gasteiger partial charge in [-0.25, -0.2) is 0 Å². The molecule has 0 bridgehead atoms. The first kappa shape index (κ1) is 12.7. The highest BCUT2D eigenvalue weighted by Crippen LogP contribution is 2.10. The van der Waals surface area contributed by atoms with Crippen LogP contribution in [0.5, 0.6) is 0 Å². The standard InChI is InChI=1S/C15H20O/c1-3-4-5-7-10-13(2)15(16)14-11-8-6-9-12-14/h6-13H,3-5H2,1-2H3/b10-7+. The largest absolute Gasteiger partial charge is 0.294 e. The lowest BCUT2D eigenvalue weighted by Gasteiger charge is -2.04. The molecule has 0 saturated carbocycles. The molecule has 1 atom stereocenters. The van der Waals surface area contributed by atoms with Crippen molar-refractivity contribution in [3.63, 3.8) is 0 Å². The van der Waals surface area contributed by atoms with Gasteiger partial charge in [0, 0.05) is 11.5 Å². The molecular weight excluding hydrogens is 196 g/mol. The highest BCUT2D eigenvalue weighted by molar-refractivity contribution is 5.98. The summed E-state index contributed by atoms with van der Waals surface area (Å²) in [5.41, 5.74) is 0.801. The number of allylic oxidation sites excluding steroid dienone is 2. The molecule has 86 valence electrons. The fourth-order valence-corrected chi connectivity index (χ4v) is 1.58. The molecule has 1 nitrogen and oxygen atoms in total. The molecule has 0 aliphatic rings. The van der Waals surface area contributed by atoms with Gasteiger partial charge in [0.05, 0.1) is 0 Å². The fraction of sp³-hybridized carbons (Fsp3) is 0.400. The summed E-state index contributed by atoms with van der Waals surface area (Å²) < 4.78 is 0. The zero-order chi connectivity index (χ0) is 11.8. The van der Waals surface area contributed by atoms with Gasteiger partial charge in [0.25, 0.3) is 0 Å². The molecule has 0 amide bonds. The summed E-state index contributed by atoms with van der Waals surface area (Å²) in [6, 6.07) is 9.48. The van der Waals surface area contributed by atoms with E-state index in [4.69, 9.17) is 0 Å². The van der Waals surface area contributed by atoms with E-state index in [1.54, 1.807) is 0 Å². The molecule has 1 heteroatoms. The van der Waals surface area contributed by atoms with Gasteiger partial charge in [0.1, 0.15) is 0 Å².